The molecule has 2 aromatic heterocycles. The van der Waals surface area contributed by atoms with Gasteiger partial charge in [0, 0.05) is 17.5 Å². The monoisotopic (exact) mass is 270 g/mol. The second-order valence-electron chi connectivity index (χ2n) is 4.41. The number of halogens is 1. The molecule has 0 aliphatic rings. The topological polar surface area (TPSA) is 39.1 Å². The van der Waals surface area contributed by atoms with Gasteiger partial charge in [0.25, 0.3) is 5.82 Å². The van der Waals surface area contributed by atoms with Gasteiger partial charge in [-0.25, -0.2) is 15.3 Å². The molecule has 0 spiro atoms. The van der Waals surface area contributed by atoms with Crippen molar-refractivity contribution in [3.8, 4) is 0 Å². The van der Waals surface area contributed by atoms with E-state index in [1.807, 2.05) is 55.6 Å². The number of nitrogens with one attached hydrogen (secondary N) is 2. The Morgan fingerprint density at radius 2 is 2.05 bits per heavy atom. The van der Waals surface area contributed by atoms with E-state index in [1.165, 1.54) is 5.56 Å². The Kier molecular flexibility index (Phi) is 3.05. The summed E-state index contributed by atoms with van der Waals surface area (Å²) in [5, 5.41) is 4.93. The number of benzene rings is 1. The van der Waals surface area contributed by atoms with Crippen molar-refractivity contribution in [1.82, 2.24) is 4.98 Å². The number of nitrogens with zero attached hydrogens (tertiary/aromatic N) is 1. The highest BCUT2D eigenvalue weighted by molar-refractivity contribution is 6.35. The van der Waals surface area contributed by atoms with Crippen LogP contribution in [0.15, 0.2) is 48.7 Å². The number of hydrogen-bond acceptors (Lipinski definition) is 2. The summed E-state index contributed by atoms with van der Waals surface area (Å²) in [5.74, 6) is 1.67. The van der Waals surface area contributed by atoms with Crippen LogP contribution in [0.1, 0.15) is 5.56 Å². The van der Waals surface area contributed by atoms with Crippen LogP contribution in [0.4, 0.5) is 11.6 Å². The first-order chi connectivity index (χ1) is 9.22. The Balaban J connectivity index is 2.00. The number of aromatic amines is 1. The normalized spacial score (nSPS) is 10.6. The number of para-hydroxylation sites is 1. The fourth-order valence-corrected chi connectivity index (χ4v) is 2.20. The zero-order valence-corrected chi connectivity index (χ0v) is 11.2. The lowest BCUT2D eigenvalue weighted by atomic mass is 10.2. The van der Waals surface area contributed by atoms with Crippen LogP contribution in [0.2, 0.25) is 5.02 Å². The Morgan fingerprint density at radius 3 is 2.89 bits per heavy atom. The van der Waals surface area contributed by atoms with Gasteiger partial charge >= 0.3 is 0 Å². The predicted molar refractivity (Wildman–Crippen MR) is 77.8 cm³/mol. The van der Waals surface area contributed by atoms with E-state index in [2.05, 4.69) is 15.3 Å². The highest BCUT2D eigenvalue weighted by atomic mass is 35.5. The summed E-state index contributed by atoms with van der Waals surface area (Å²) in [5.41, 5.74) is 1.99. The summed E-state index contributed by atoms with van der Waals surface area (Å²) < 4.78 is 0. The molecular weight excluding hydrogens is 258 g/mol. The van der Waals surface area contributed by atoms with Crippen molar-refractivity contribution in [3.05, 3.63) is 59.2 Å². The molecule has 0 fully saturated rings. The van der Waals surface area contributed by atoms with Gasteiger partial charge in [0.15, 0.2) is 0 Å². The first-order valence-electron chi connectivity index (χ1n) is 6.03. The molecule has 0 atom stereocenters. The number of hydrogen-bond donors (Lipinski definition) is 1. The average Bonchev–Trinajstić information content (AvgIpc) is 2.40. The fraction of sp³-hybridized carbons (Fsp3) is 0.0667. The molecule has 2 heterocycles. The molecule has 0 unspecified atom stereocenters. The lowest BCUT2D eigenvalue weighted by Crippen LogP contribution is -2.09. The molecule has 3 nitrogen and oxygen atoms in total. The molecule has 0 bridgehead atoms. The second kappa shape index (κ2) is 4.86. The van der Waals surface area contributed by atoms with Crippen LogP contribution in [0.3, 0.4) is 0 Å². The Morgan fingerprint density at radius 1 is 1.16 bits per heavy atom. The number of anilines is 2. The number of pyridine rings is 2. The molecule has 0 saturated carbocycles. The van der Waals surface area contributed by atoms with Gasteiger partial charge < -0.3 is 0 Å². The standard InChI is InChI=1S/C15H12ClN3/c1-10-7-8-17-14(9-10)18-13-6-5-11-3-2-4-12(16)15(11)19-13/h2-9H,1H3,(H,17,18,19)/p+1. The van der Waals surface area contributed by atoms with E-state index in [-0.39, 0.29) is 0 Å². The third-order valence-electron chi connectivity index (χ3n) is 2.89. The van der Waals surface area contributed by atoms with Gasteiger partial charge in [0.05, 0.1) is 16.7 Å². The second-order valence-corrected chi connectivity index (χ2v) is 4.82. The third-order valence-corrected chi connectivity index (χ3v) is 3.20. The summed E-state index contributed by atoms with van der Waals surface area (Å²) in [6, 6.07) is 13.7. The van der Waals surface area contributed by atoms with Crippen LogP contribution >= 0.6 is 11.6 Å². The van der Waals surface area contributed by atoms with Gasteiger partial charge in [-0.2, -0.15) is 0 Å². The lowest BCUT2D eigenvalue weighted by molar-refractivity contribution is -0.360. The van der Waals surface area contributed by atoms with Crippen LogP contribution in [0, 0.1) is 6.92 Å². The molecule has 19 heavy (non-hydrogen) atoms. The maximum atomic E-state index is 6.16. The van der Waals surface area contributed by atoms with Gasteiger partial charge in [0.1, 0.15) is 0 Å². The molecule has 0 saturated heterocycles. The van der Waals surface area contributed by atoms with E-state index in [1.54, 1.807) is 0 Å². The van der Waals surface area contributed by atoms with Gasteiger partial charge in [-0.1, -0.05) is 23.7 Å². The van der Waals surface area contributed by atoms with Crippen LogP contribution in [-0.4, -0.2) is 4.98 Å². The van der Waals surface area contributed by atoms with Gasteiger partial charge in [-0.05, 0) is 30.7 Å². The fourth-order valence-electron chi connectivity index (χ4n) is 1.97. The number of H-pyrrole nitrogens is 1. The Labute approximate surface area is 116 Å². The smallest absolute Gasteiger partial charge is 0.247 e. The number of fused-ring (bicyclic) bond motifs is 1. The summed E-state index contributed by atoms with van der Waals surface area (Å²) in [4.78, 5) is 7.67. The van der Waals surface area contributed by atoms with Crippen molar-refractivity contribution in [2.24, 2.45) is 0 Å². The molecule has 0 amide bonds. The first kappa shape index (κ1) is 11.9. The predicted octanol–water partition coefficient (Wildman–Crippen LogP) is 3.75. The molecule has 3 aromatic rings. The highest BCUT2D eigenvalue weighted by Gasteiger charge is 2.07. The largest absolute Gasteiger partial charge is 0.278 e. The van der Waals surface area contributed by atoms with Crippen LogP contribution in [0.25, 0.3) is 10.9 Å². The Hall–Kier alpha value is -2.13. The van der Waals surface area contributed by atoms with Crippen molar-refractivity contribution >= 4 is 34.1 Å². The average molecular weight is 271 g/mol. The maximum absolute atomic E-state index is 6.16. The molecule has 3 rings (SSSR count). The van der Waals surface area contributed by atoms with Crippen LogP contribution in [-0.2, 0) is 0 Å². The zero-order chi connectivity index (χ0) is 13.2. The third kappa shape index (κ3) is 2.51. The van der Waals surface area contributed by atoms with E-state index >= 15 is 0 Å². The maximum Gasteiger partial charge on any atom is 0.278 e. The minimum absolute atomic E-state index is 0.661. The van der Waals surface area contributed by atoms with E-state index in [4.69, 9.17) is 11.6 Å². The number of aromatic nitrogens is 2. The molecule has 2 N–H and O–H groups in total. The molecule has 4 heteroatoms. The summed E-state index contributed by atoms with van der Waals surface area (Å²) in [6.45, 7) is 2.05. The first-order valence-corrected chi connectivity index (χ1v) is 6.41. The summed E-state index contributed by atoms with van der Waals surface area (Å²) >= 11 is 6.16. The molecule has 0 aliphatic carbocycles. The molecular formula is C15H13ClN3+. The van der Waals surface area contributed by atoms with E-state index < -0.39 is 0 Å². The van der Waals surface area contributed by atoms with Crippen LogP contribution in [0.5, 0.6) is 0 Å². The van der Waals surface area contributed by atoms with E-state index in [0.717, 1.165) is 22.5 Å². The number of rotatable bonds is 2. The summed E-state index contributed by atoms with van der Waals surface area (Å²) in [7, 11) is 0. The van der Waals surface area contributed by atoms with E-state index in [9.17, 15) is 0 Å². The van der Waals surface area contributed by atoms with Crippen molar-refractivity contribution < 1.29 is 4.98 Å². The number of aryl methyl sites for hydroxylation is 1. The van der Waals surface area contributed by atoms with Gasteiger partial charge in [-0.15, -0.1) is 0 Å². The van der Waals surface area contributed by atoms with Crippen LogP contribution < -0.4 is 10.3 Å². The van der Waals surface area contributed by atoms with Crippen molar-refractivity contribution in [1.29, 1.82) is 0 Å². The quantitative estimate of drug-likeness (QED) is 0.770. The SMILES string of the molecule is Cc1cc[nH+]c(Nc2ccc3cccc(Cl)c3n2)c1. The minimum Gasteiger partial charge on any atom is -0.247 e. The minimum atomic E-state index is 0.661. The molecule has 0 aliphatic heterocycles. The van der Waals surface area contributed by atoms with Crippen molar-refractivity contribution in [3.63, 3.8) is 0 Å². The van der Waals surface area contributed by atoms with Gasteiger partial charge in [-0.3, -0.25) is 0 Å². The molecule has 1 aromatic carbocycles. The molecule has 0 radical (unpaired) electrons. The Bertz CT molecular complexity index is 740. The zero-order valence-electron chi connectivity index (χ0n) is 10.4. The van der Waals surface area contributed by atoms with Crippen molar-refractivity contribution in [2.45, 2.75) is 6.92 Å². The summed E-state index contributed by atoms with van der Waals surface area (Å²) in [6.07, 6.45) is 1.89. The molecule has 94 valence electrons. The lowest BCUT2D eigenvalue weighted by Gasteiger charge is -2.02. The van der Waals surface area contributed by atoms with Crippen molar-refractivity contribution in [2.75, 3.05) is 5.32 Å². The van der Waals surface area contributed by atoms with E-state index in [0.29, 0.717) is 5.02 Å². The highest BCUT2D eigenvalue weighted by Crippen LogP contribution is 2.23. The van der Waals surface area contributed by atoms with Gasteiger partial charge in [0.2, 0.25) is 5.82 Å².